The van der Waals surface area contributed by atoms with Gasteiger partial charge in [-0.05, 0) is 30.3 Å². The molecule has 1 unspecified atom stereocenters. The van der Waals surface area contributed by atoms with E-state index in [1.807, 2.05) is 0 Å². The van der Waals surface area contributed by atoms with Crippen molar-refractivity contribution in [1.29, 1.82) is 0 Å². The first kappa shape index (κ1) is 20.2. The maximum atomic E-state index is 12.7. The Kier molecular flexibility index (Phi) is 5.15. The number of aromatic nitrogens is 2. The summed E-state index contributed by atoms with van der Waals surface area (Å²) >= 11 is 6.06. The van der Waals surface area contributed by atoms with Crippen LogP contribution in [0, 0.1) is 0 Å². The van der Waals surface area contributed by atoms with Gasteiger partial charge in [0.15, 0.2) is 0 Å². The number of carbonyl (C=O) groups excluding carboxylic acids is 1. The number of ether oxygens (including phenoxy) is 1. The molecule has 3 aromatic rings. The molecule has 2 aromatic carbocycles. The molecule has 2 heterocycles. The zero-order valence-electron chi connectivity index (χ0n) is 15.6. The van der Waals surface area contributed by atoms with Crippen molar-refractivity contribution in [2.24, 2.45) is 0 Å². The van der Waals surface area contributed by atoms with Crippen LogP contribution in [0.5, 0.6) is 5.75 Å². The van der Waals surface area contributed by atoms with E-state index >= 15 is 0 Å². The van der Waals surface area contributed by atoms with Crippen molar-refractivity contribution < 1.29 is 27.2 Å². The third-order valence-corrected chi connectivity index (χ3v) is 5.05. The van der Waals surface area contributed by atoms with Gasteiger partial charge in [-0.15, -0.1) is 0 Å². The van der Waals surface area contributed by atoms with E-state index in [-0.39, 0.29) is 36.5 Å². The van der Waals surface area contributed by atoms with Crippen LogP contribution < -0.4 is 9.64 Å². The lowest BCUT2D eigenvalue weighted by atomic mass is 10.1. The van der Waals surface area contributed by atoms with E-state index in [4.69, 9.17) is 20.9 Å². The van der Waals surface area contributed by atoms with E-state index in [2.05, 4.69) is 10.1 Å². The summed E-state index contributed by atoms with van der Waals surface area (Å²) in [6.45, 7) is 0.282. The molecular formula is C20H15ClF3N3O3. The molecular weight excluding hydrogens is 423 g/mol. The third kappa shape index (κ3) is 3.85. The Morgan fingerprint density at radius 3 is 2.60 bits per heavy atom. The molecule has 30 heavy (non-hydrogen) atoms. The molecule has 1 atom stereocenters. The highest BCUT2D eigenvalue weighted by Gasteiger charge is 2.36. The minimum Gasteiger partial charge on any atom is -0.495 e. The van der Waals surface area contributed by atoms with Gasteiger partial charge in [0.05, 0.1) is 24.3 Å². The summed E-state index contributed by atoms with van der Waals surface area (Å²) in [7, 11) is 1.50. The minimum atomic E-state index is -4.42. The molecule has 0 aliphatic carbocycles. The molecule has 1 fully saturated rings. The SMILES string of the molecule is COc1ccc(Cl)cc1N1CC(c2nc(-c3ccc(C(F)(F)F)cc3)no2)CC1=O. The van der Waals surface area contributed by atoms with Crippen molar-refractivity contribution in [2.45, 2.75) is 18.5 Å². The maximum Gasteiger partial charge on any atom is 0.416 e. The number of benzene rings is 2. The quantitative estimate of drug-likeness (QED) is 0.578. The van der Waals surface area contributed by atoms with Gasteiger partial charge in [0, 0.05) is 23.6 Å². The number of hydrogen-bond acceptors (Lipinski definition) is 5. The zero-order chi connectivity index (χ0) is 21.5. The van der Waals surface area contributed by atoms with Gasteiger partial charge in [-0.1, -0.05) is 28.9 Å². The zero-order valence-corrected chi connectivity index (χ0v) is 16.4. The van der Waals surface area contributed by atoms with Crippen LogP contribution in [0.3, 0.4) is 0 Å². The van der Waals surface area contributed by atoms with E-state index in [0.717, 1.165) is 12.1 Å². The molecule has 0 bridgehead atoms. The molecule has 1 amide bonds. The minimum absolute atomic E-state index is 0.143. The normalized spacial score (nSPS) is 16.9. The molecule has 156 valence electrons. The van der Waals surface area contributed by atoms with Gasteiger partial charge in [-0.3, -0.25) is 4.79 Å². The number of rotatable bonds is 4. The number of anilines is 1. The topological polar surface area (TPSA) is 68.5 Å². The van der Waals surface area contributed by atoms with Gasteiger partial charge in [0.25, 0.3) is 0 Å². The van der Waals surface area contributed by atoms with Crippen molar-refractivity contribution in [3.63, 3.8) is 0 Å². The van der Waals surface area contributed by atoms with Crippen LogP contribution in [0.1, 0.15) is 23.8 Å². The number of halogens is 4. The monoisotopic (exact) mass is 437 g/mol. The van der Waals surface area contributed by atoms with Crippen molar-refractivity contribution in [2.75, 3.05) is 18.6 Å². The van der Waals surface area contributed by atoms with E-state index in [0.29, 0.717) is 22.0 Å². The first-order chi connectivity index (χ1) is 14.3. The Bertz CT molecular complexity index is 1080. The fourth-order valence-electron chi connectivity index (χ4n) is 3.31. The van der Waals surface area contributed by atoms with Crippen molar-refractivity contribution in [1.82, 2.24) is 10.1 Å². The van der Waals surface area contributed by atoms with Crippen LogP contribution in [-0.4, -0.2) is 29.7 Å². The van der Waals surface area contributed by atoms with E-state index in [1.54, 1.807) is 18.2 Å². The third-order valence-electron chi connectivity index (χ3n) is 4.82. The number of alkyl halides is 3. The lowest BCUT2D eigenvalue weighted by Crippen LogP contribution is -2.24. The lowest BCUT2D eigenvalue weighted by Gasteiger charge is -2.19. The summed E-state index contributed by atoms with van der Waals surface area (Å²) in [5.74, 6) is 0.378. The smallest absolute Gasteiger partial charge is 0.416 e. The van der Waals surface area contributed by atoms with Crippen LogP contribution in [0.15, 0.2) is 47.0 Å². The Hall–Kier alpha value is -3.07. The largest absolute Gasteiger partial charge is 0.495 e. The Labute approximate surface area is 174 Å². The predicted molar refractivity (Wildman–Crippen MR) is 102 cm³/mol. The fraction of sp³-hybridized carbons (Fsp3) is 0.250. The number of nitrogens with zero attached hydrogens (tertiary/aromatic N) is 3. The molecule has 0 radical (unpaired) electrons. The van der Waals surface area contributed by atoms with E-state index in [9.17, 15) is 18.0 Å². The molecule has 6 nitrogen and oxygen atoms in total. The summed E-state index contributed by atoms with van der Waals surface area (Å²) in [5.41, 5.74) is 0.165. The van der Waals surface area contributed by atoms with Crippen LogP contribution in [0.2, 0.25) is 5.02 Å². The Morgan fingerprint density at radius 1 is 1.20 bits per heavy atom. The highest BCUT2D eigenvalue weighted by atomic mass is 35.5. The van der Waals surface area contributed by atoms with Gasteiger partial charge in [-0.2, -0.15) is 18.2 Å². The fourth-order valence-corrected chi connectivity index (χ4v) is 3.47. The lowest BCUT2D eigenvalue weighted by molar-refractivity contribution is -0.137. The number of amides is 1. The molecule has 0 N–H and O–H groups in total. The van der Waals surface area contributed by atoms with E-state index < -0.39 is 11.7 Å². The first-order valence-electron chi connectivity index (χ1n) is 8.91. The van der Waals surface area contributed by atoms with E-state index in [1.165, 1.54) is 24.1 Å². The van der Waals surface area contributed by atoms with Gasteiger partial charge in [0.2, 0.25) is 17.6 Å². The number of hydrogen-bond donors (Lipinski definition) is 0. The molecule has 1 aliphatic rings. The second-order valence-electron chi connectivity index (χ2n) is 6.75. The predicted octanol–water partition coefficient (Wildman–Crippen LogP) is 4.94. The van der Waals surface area contributed by atoms with Gasteiger partial charge >= 0.3 is 6.18 Å². The maximum absolute atomic E-state index is 12.7. The summed E-state index contributed by atoms with van der Waals surface area (Å²) in [6.07, 6.45) is -4.28. The molecule has 0 spiro atoms. The highest BCUT2D eigenvalue weighted by Crippen LogP contribution is 2.38. The molecule has 0 saturated carbocycles. The molecule has 4 rings (SSSR count). The molecule has 1 aromatic heterocycles. The molecule has 1 saturated heterocycles. The molecule has 10 heteroatoms. The van der Waals surface area contributed by atoms with Crippen LogP contribution in [-0.2, 0) is 11.0 Å². The Morgan fingerprint density at radius 2 is 1.93 bits per heavy atom. The highest BCUT2D eigenvalue weighted by molar-refractivity contribution is 6.31. The number of methoxy groups -OCH3 is 1. The Balaban J connectivity index is 1.55. The average Bonchev–Trinajstić information content (AvgIpc) is 3.34. The average molecular weight is 438 g/mol. The first-order valence-corrected chi connectivity index (χ1v) is 9.29. The van der Waals surface area contributed by atoms with Gasteiger partial charge in [-0.25, -0.2) is 0 Å². The summed E-state index contributed by atoms with van der Waals surface area (Å²) < 4.78 is 48.8. The molecule has 1 aliphatic heterocycles. The van der Waals surface area contributed by atoms with Crippen LogP contribution in [0.4, 0.5) is 18.9 Å². The second-order valence-corrected chi connectivity index (χ2v) is 7.19. The van der Waals surface area contributed by atoms with Crippen LogP contribution in [0.25, 0.3) is 11.4 Å². The second kappa shape index (κ2) is 7.64. The summed E-state index contributed by atoms with van der Waals surface area (Å²) in [5, 5.41) is 4.31. The van der Waals surface area contributed by atoms with Crippen LogP contribution >= 0.6 is 11.6 Å². The summed E-state index contributed by atoms with van der Waals surface area (Å²) in [6, 6.07) is 9.45. The van der Waals surface area contributed by atoms with Crippen molar-refractivity contribution in [3.8, 4) is 17.1 Å². The van der Waals surface area contributed by atoms with Crippen molar-refractivity contribution >= 4 is 23.2 Å². The standard InChI is InChI=1S/C20H15ClF3N3O3/c1-29-16-7-6-14(21)9-15(16)27-10-12(8-17(27)28)19-25-18(26-30-19)11-2-4-13(5-3-11)20(22,23)24/h2-7,9,12H,8,10H2,1H3. The van der Waals surface area contributed by atoms with Crippen molar-refractivity contribution in [3.05, 3.63) is 58.9 Å². The number of carbonyl (C=O) groups is 1. The van der Waals surface area contributed by atoms with Gasteiger partial charge < -0.3 is 14.2 Å². The summed E-state index contributed by atoms with van der Waals surface area (Å²) in [4.78, 5) is 18.4. The van der Waals surface area contributed by atoms with Gasteiger partial charge in [0.1, 0.15) is 5.75 Å².